The number of hydrogen-bond acceptors (Lipinski definition) is 3. The van der Waals surface area contributed by atoms with Gasteiger partial charge in [0.05, 0.1) is 30.6 Å². The second-order valence-corrected chi connectivity index (χ2v) is 4.80. The highest BCUT2D eigenvalue weighted by atomic mass is 35.5. The van der Waals surface area contributed by atoms with Crippen LogP contribution in [0.1, 0.15) is 0 Å². The predicted molar refractivity (Wildman–Crippen MR) is 80.2 cm³/mol. The van der Waals surface area contributed by atoms with Crippen molar-refractivity contribution < 1.29 is 9.47 Å². The Labute approximate surface area is 119 Å². The Morgan fingerprint density at radius 2 is 1.75 bits per heavy atom. The van der Waals surface area contributed by atoms with E-state index in [4.69, 9.17) is 21.1 Å². The molecular formula is C15H12ClNO3. The summed E-state index contributed by atoms with van der Waals surface area (Å²) in [6.45, 7) is 0. The van der Waals surface area contributed by atoms with E-state index in [0.717, 1.165) is 0 Å². The lowest BCUT2D eigenvalue weighted by molar-refractivity contribution is 0.409. The number of pyridine rings is 1. The minimum absolute atomic E-state index is 0.110. The molecule has 0 saturated carbocycles. The molecule has 0 radical (unpaired) electrons. The topological polar surface area (TPSA) is 51.3 Å². The Kier molecular flexibility index (Phi) is 3.03. The van der Waals surface area contributed by atoms with Gasteiger partial charge in [0.25, 0.3) is 0 Å². The highest BCUT2D eigenvalue weighted by Crippen LogP contribution is 2.31. The predicted octanol–water partition coefficient (Wildman–Crippen LogP) is 3.35. The maximum absolute atomic E-state index is 12.6. The summed E-state index contributed by atoms with van der Waals surface area (Å²) in [5, 5.41) is 1.60. The molecule has 0 bridgehead atoms. The lowest BCUT2D eigenvalue weighted by atomic mass is 10.1. The van der Waals surface area contributed by atoms with E-state index in [0.29, 0.717) is 38.3 Å². The van der Waals surface area contributed by atoms with Gasteiger partial charge in [-0.25, -0.2) is 0 Å². The fourth-order valence-corrected chi connectivity index (χ4v) is 2.51. The summed E-state index contributed by atoms with van der Waals surface area (Å²) in [5.41, 5.74) is 1.16. The number of benzene rings is 2. The van der Waals surface area contributed by atoms with Crippen molar-refractivity contribution >= 4 is 33.4 Å². The second kappa shape index (κ2) is 4.72. The molecule has 0 saturated heterocycles. The number of H-pyrrole nitrogens is 1. The molecule has 0 aliphatic carbocycles. The van der Waals surface area contributed by atoms with Crippen LogP contribution in [-0.4, -0.2) is 19.2 Å². The number of aromatic amines is 1. The van der Waals surface area contributed by atoms with Gasteiger partial charge in [-0.2, -0.15) is 0 Å². The maximum Gasteiger partial charge on any atom is 0.201 e. The van der Waals surface area contributed by atoms with Crippen molar-refractivity contribution in [3.8, 4) is 11.5 Å². The number of fused-ring (bicyclic) bond motifs is 2. The lowest BCUT2D eigenvalue weighted by Crippen LogP contribution is -2.06. The third kappa shape index (κ3) is 1.80. The van der Waals surface area contributed by atoms with Crippen LogP contribution in [0.4, 0.5) is 0 Å². The largest absolute Gasteiger partial charge is 0.496 e. The minimum Gasteiger partial charge on any atom is -0.496 e. The third-order valence-electron chi connectivity index (χ3n) is 3.28. The molecule has 0 atom stereocenters. The molecule has 0 spiro atoms. The highest BCUT2D eigenvalue weighted by Gasteiger charge is 2.14. The Hall–Kier alpha value is -2.20. The zero-order valence-electron chi connectivity index (χ0n) is 11.0. The molecule has 102 valence electrons. The molecule has 0 aliphatic heterocycles. The van der Waals surface area contributed by atoms with Gasteiger partial charge in [-0.3, -0.25) is 4.79 Å². The first kappa shape index (κ1) is 12.8. The third-order valence-corrected chi connectivity index (χ3v) is 3.52. The van der Waals surface area contributed by atoms with Gasteiger partial charge >= 0.3 is 0 Å². The maximum atomic E-state index is 12.6. The summed E-state index contributed by atoms with van der Waals surface area (Å²) in [7, 11) is 3.09. The number of nitrogens with one attached hydrogen (secondary N) is 1. The molecule has 0 aliphatic rings. The monoisotopic (exact) mass is 289 g/mol. The van der Waals surface area contributed by atoms with Gasteiger partial charge in [-0.15, -0.1) is 0 Å². The average Bonchev–Trinajstić information content (AvgIpc) is 2.46. The quantitative estimate of drug-likeness (QED) is 0.736. The molecule has 3 aromatic rings. The number of ether oxygens (including phenoxy) is 2. The smallest absolute Gasteiger partial charge is 0.201 e. The molecule has 0 amide bonds. The minimum atomic E-state index is -0.110. The van der Waals surface area contributed by atoms with Gasteiger partial charge < -0.3 is 14.5 Å². The van der Waals surface area contributed by atoms with Gasteiger partial charge in [0.2, 0.25) is 5.43 Å². The number of rotatable bonds is 2. The van der Waals surface area contributed by atoms with E-state index in [9.17, 15) is 4.79 Å². The Balaban J connectivity index is 2.58. The summed E-state index contributed by atoms with van der Waals surface area (Å²) in [4.78, 5) is 15.8. The average molecular weight is 290 g/mol. The van der Waals surface area contributed by atoms with Crippen molar-refractivity contribution in [1.82, 2.24) is 4.98 Å². The van der Waals surface area contributed by atoms with Crippen LogP contribution in [0.25, 0.3) is 21.8 Å². The van der Waals surface area contributed by atoms with Crippen molar-refractivity contribution in [3.63, 3.8) is 0 Å². The van der Waals surface area contributed by atoms with Crippen LogP contribution < -0.4 is 14.9 Å². The van der Waals surface area contributed by atoms with Crippen molar-refractivity contribution in [2.75, 3.05) is 14.2 Å². The molecule has 5 heteroatoms. The van der Waals surface area contributed by atoms with Crippen LogP contribution in [0.2, 0.25) is 5.02 Å². The molecule has 4 nitrogen and oxygen atoms in total. The number of methoxy groups -OCH3 is 2. The van der Waals surface area contributed by atoms with Crippen LogP contribution in [0, 0.1) is 0 Å². The van der Waals surface area contributed by atoms with E-state index in [2.05, 4.69) is 4.98 Å². The fourth-order valence-electron chi connectivity index (χ4n) is 2.34. The summed E-state index contributed by atoms with van der Waals surface area (Å²) >= 11 is 5.98. The number of halogens is 1. The van der Waals surface area contributed by atoms with E-state index in [1.807, 2.05) is 0 Å². The summed E-state index contributed by atoms with van der Waals surface area (Å²) in [6.07, 6.45) is 0. The molecular weight excluding hydrogens is 278 g/mol. The molecule has 1 N–H and O–H groups in total. The zero-order chi connectivity index (χ0) is 14.3. The normalized spacial score (nSPS) is 10.9. The summed E-state index contributed by atoms with van der Waals surface area (Å²) < 4.78 is 10.6. The van der Waals surface area contributed by atoms with E-state index in [1.54, 1.807) is 37.4 Å². The summed E-state index contributed by atoms with van der Waals surface area (Å²) in [6, 6.07) is 8.59. The van der Waals surface area contributed by atoms with Crippen molar-refractivity contribution in [2.45, 2.75) is 0 Å². The van der Waals surface area contributed by atoms with Gasteiger partial charge in [0.15, 0.2) is 0 Å². The first-order chi connectivity index (χ1) is 9.65. The second-order valence-electron chi connectivity index (χ2n) is 4.36. The standard InChI is InChI=1S/C15H12ClNO3/c1-19-11-5-6-12(20-2)14-13(11)15(18)9-4-3-8(16)7-10(9)17-14/h3-7H,1-2H3,(H,17,18). The van der Waals surface area contributed by atoms with Crippen LogP contribution in [0.3, 0.4) is 0 Å². The van der Waals surface area contributed by atoms with Crippen molar-refractivity contribution in [3.05, 3.63) is 45.6 Å². The van der Waals surface area contributed by atoms with Crippen LogP contribution in [0.5, 0.6) is 11.5 Å². The van der Waals surface area contributed by atoms with Crippen LogP contribution >= 0.6 is 11.6 Å². The first-order valence-electron chi connectivity index (χ1n) is 6.02. The number of hydrogen-bond donors (Lipinski definition) is 1. The Morgan fingerprint density at radius 1 is 1.05 bits per heavy atom. The van der Waals surface area contributed by atoms with Crippen LogP contribution in [0.15, 0.2) is 35.1 Å². The van der Waals surface area contributed by atoms with E-state index < -0.39 is 0 Å². The van der Waals surface area contributed by atoms with Crippen molar-refractivity contribution in [2.24, 2.45) is 0 Å². The lowest BCUT2D eigenvalue weighted by Gasteiger charge is -2.10. The molecule has 1 aromatic heterocycles. The first-order valence-corrected chi connectivity index (χ1v) is 6.39. The van der Waals surface area contributed by atoms with Gasteiger partial charge in [0, 0.05) is 10.4 Å². The highest BCUT2D eigenvalue weighted by molar-refractivity contribution is 6.31. The van der Waals surface area contributed by atoms with E-state index >= 15 is 0 Å². The van der Waals surface area contributed by atoms with Crippen molar-refractivity contribution in [1.29, 1.82) is 0 Å². The molecule has 3 rings (SSSR count). The molecule has 20 heavy (non-hydrogen) atoms. The molecule has 1 heterocycles. The Bertz CT molecular complexity index is 870. The number of aromatic nitrogens is 1. The van der Waals surface area contributed by atoms with E-state index in [-0.39, 0.29) is 5.43 Å². The zero-order valence-corrected chi connectivity index (χ0v) is 11.7. The Morgan fingerprint density at radius 3 is 2.45 bits per heavy atom. The molecule has 2 aromatic carbocycles. The van der Waals surface area contributed by atoms with Gasteiger partial charge in [-0.05, 0) is 30.3 Å². The SMILES string of the molecule is COc1ccc(OC)c2c(=O)c3ccc(Cl)cc3[nH]c12. The molecule has 0 fully saturated rings. The van der Waals surface area contributed by atoms with Gasteiger partial charge in [0.1, 0.15) is 11.5 Å². The van der Waals surface area contributed by atoms with E-state index in [1.165, 1.54) is 7.11 Å². The van der Waals surface area contributed by atoms with Crippen LogP contribution in [-0.2, 0) is 0 Å². The fraction of sp³-hybridized carbons (Fsp3) is 0.133. The summed E-state index contributed by atoms with van der Waals surface area (Å²) in [5.74, 6) is 1.10. The van der Waals surface area contributed by atoms with Gasteiger partial charge in [-0.1, -0.05) is 11.6 Å². The molecule has 0 unspecified atom stereocenters.